The number of para-hydroxylation sites is 1. The van der Waals surface area contributed by atoms with E-state index in [0.717, 1.165) is 44.9 Å². The van der Waals surface area contributed by atoms with Gasteiger partial charge in [-0.1, -0.05) is 77.9 Å². The van der Waals surface area contributed by atoms with Crippen LogP contribution < -0.4 is 5.32 Å². The highest BCUT2D eigenvalue weighted by Crippen LogP contribution is 2.43. The molecule has 1 aromatic carbocycles. The number of ketones is 1. The highest BCUT2D eigenvalue weighted by molar-refractivity contribution is 5.99. The number of Topliss-reactive ketones (excluding diaryl/α,β-unsaturated/α-hetero) is 1. The van der Waals surface area contributed by atoms with Crippen LogP contribution in [0.25, 0.3) is 0 Å². The molecule has 0 unspecified atom stereocenters. The number of rotatable bonds is 7. The van der Waals surface area contributed by atoms with Crippen molar-refractivity contribution < 1.29 is 9.59 Å². The highest BCUT2D eigenvalue weighted by atomic mass is 16.2. The van der Waals surface area contributed by atoms with Crippen molar-refractivity contribution in [3.63, 3.8) is 0 Å². The number of hydrogen-bond acceptors (Lipinski definition) is 2. The summed E-state index contributed by atoms with van der Waals surface area (Å²) in [6.45, 7) is 8.13. The van der Waals surface area contributed by atoms with Crippen LogP contribution in [0.4, 0.5) is 5.69 Å². The van der Waals surface area contributed by atoms with Crippen LogP contribution in [-0.2, 0) is 9.59 Å². The molecular weight excluding hydrogens is 346 g/mol. The molecule has 3 nitrogen and oxygen atoms in total. The zero-order valence-electron chi connectivity index (χ0n) is 17.9. The van der Waals surface area contributed by atoms with Gasteiger partial charge < -0.3 is 5.32 Å². The second kappa shape index (κ2) is 10.5. The van der Waals surface area contributed by atoms with E-state index in [1.165, 1.54) is 6.42 Å². The molecule has 0 bridgehead atoms. The molecule has 3 heteroatoms. The van der Waals surface area contributed by atoms with E-state index in [0.29, 0.717) is 17.2 Å². The lowest BCUT2D eigenvalue weighted by molar-refractivity contribution is -0.128. The van der Waals surface area contributed by atoms with Gasteiger partial charge in [0.2, 0.25) is 11.7 Å². The van der Waals surface area contributed by atoms with Crippen molar-refractivity contribution in [3.05, 3.63) is 29.8 Å². The maximum atomic E-state index is 13.4. The third kappa shape index (κ3) is 5.71. The molecule has 1 N–H and O–H groups in total. The van der Waals surface area contributed by atoms with E-state index < -0.39 is 0 Å². The van der Waals surface area contributed by atoms with Gasteiger partial charge in [-0.25, -0.2) is 0 Å². The number of anilines is 1. The van der Waals surface area contributed by atoms with Crippen molar-refractivity contribution in [2.75, 3.05) is 5.32 Å². The van der Waals surface area contributed by atoms with Crippen molar-refractivity contribution in [2.24, 2.45) is 17.3 Å². The molecule has 0 aliphatic heterocycles. The zero-order chi connectivity index (χ0) is 20.6. The molecule has 0 atom stereocenters. The molecule has 1 amide bonds. The lowest BCUT2D eigenvalue weighted by Crippen LogP contribution is -2.39. The summed E-state index contributed by atoms with van der Waals surface area (Å²) < 4.78 is 0. The average molecular weight is 382 g/mol. The Kier molecular flexibility index (Phi) is 8.30. The summed E-state index contributed by atoms with van der Waals surface area (Å²) in [4.78, 5) is 25.3. The van der Waals surface area contributed by atoms with Crippen LogP contribution in [0.15, 0.2) is 24.3 Å². The van der Waals surface area contributed by atoms with Crippen molar-refractivity contribution in [2.45, 2.75) is 79.1 Å². The lowest BCUT2D eigenvalue weighted by Gasteiger charge is -2.38. The molecular formula is C25H35NO2. The Balaban J connectivity index is 2.25. The van der Waals surface area contributed by atoms with E-state index >= 15 is 0 Å². The van der Waals surface area contributed by atoms with Gasteiger partial charge in [-0.2, -0.15) is 0 Å². The Hall–Kier alpha value is -2.08. The maximum absolute atomic E-state index is 13.4. The second-order valence-electron chi connectivity index (χ2n) is 8.50. The maximum Gasteiger partial charge on any atom is 0.230 e. The van der Waals surface area contributed by atoms with Crippen LogP contribution in [0.5, 0.6) is 0 Å². The van der Waals surface area contributed by atoms with E-state index in [1.54, 1.807) is 0 Å². The van der Waals surface area contributed by atoms with Crippen LogP contribution >= 0.6 is 0 Å². The summed E-state index contributed by atoms with van der Waals surface area (Å²) in [5.41, 5.74) is 1.15. The third-order valence-electron chi connectivity index (χ3n) is 6.15. The topological polar surface area (TPSA) is 46.2 Å². The normalized spacial score (nSPS) is 15.8. The predicted molar refractivity (Wildman–Crippen MR) is 116 cm³/mol. The molecule has 1 saturated carbocycles. The first-order valence-corrected chi connectivity index (χ1v) is 10.9. The minimum atomic E-state index is -0.275. The van der Waals surface area contributed by atoms with Crippen molar-refractivity contribution in [3.8, 4) is 11.8 Å². The van der Waals surface area contributed by atoms with E-state index in [9.17, 15) is 9.59 Å². The SMILES string of the molecule is CCC(CC)CC1(C(=O)Nc2ccccc2C#CC(=O)C(C)C)CCCCC1. The van der Waals surface area contributed by atoms with Gasteiger partial charge in [-0.3, -0.25) is 9.59 Å². The molecule has 1 aromatic rings. The van der Waals surface area contributed by atoms with Gasteiger partial charge in [-0.05, 0) is 43.2 Å². The Labute approximate surface area is 170 Å². The number of benzene rings is 1. The number of carbonyl (C=O) groups excluding carboxylic acids is 2. The average Bonchev–Trinajstić information content (AvgIpc) is 2.71. The fourth-order valence-electron chi connectivity index (χ4n) is 4.11. The first-order valence-electron chi connectivity index (χ1n) is 10.9. The van der Waals surface area contributed by atoms with Crippen molar-refractivity contribution in [1.82, 2.24) is 0 Å². The quantitative estimate of drug-likeness (QED) is 0.591. The van der Waals surface area contributed by atoms with Crippen LogP contribution in [-0.4, -0.2) is 11.7 Å². The zero-order valence-corrected chi connectivity index (χ0v) is 17.9. The Morgan fingerprint density at radius 3 is 2.32 bits per heavy atom. The highest BCUT2D eigenvalue weighted by Gasteiger charge is 2.40. The van der Waals surface area contributed by atoms with E-state index in [1.807, 2.05) is 38.1 Å². The van der Waals surface area contributed by atoms with Gasteiger partial charge in [0.05, 0.1) is 5.69 Å². The van der Waals surface area contributed by atoms with E-state index in [2.05, 4.69) is 31.0 Å². The van der Waals surface area contributed by atoms with Gasteiger partial charge in [0.15, 0.2) is 0 Å². The molecule has 28 heavy (non-hydrogen) atoms. The lowest BCUT2D eigenvalue weighted by atomic mass is 9.67. The minimum absolute atomic E-state index is 0.0846. The molecule has 0 heterocycles. The molecule has 0 radical (unpaired) electrons. The Morgan fingerprint density at radius 1 is 1.07 bits per heavy atom. The van der Waals surface area contributed by atoms with Crippen LogP contribution in [0, 0.1) is 29.1 Å². The Bertz CT molecular complexity index is 728. The fraction of sp³-hybridized carbons (Fsp3) is 0.600. The molecule has 152 valence electrons. The summed E-state index contributed by atoms with van der Waals surface area (Å²) in [5, 5.41) is 3.17. The summed E-state index contributed by atoms with van der Waals surface area (Å²) in [7, 11) is 0. The standard InChI is InChI=1S/C25H35NO2/c1-5-20(6-2)18-25(16-10-7-11-17-25)24(28)26-22-13-9-8-12-21(22)14-15-23(27)19(3)4/h8-9,12-13,19-20H,5-7,10-11,16-18H2,1-4H3,(H,26,28). The molecule has 0 aromatic heterocycles. The van der Waals surface area contributed by atoms with Gasteiger partial charge >= 0.3 is 0 Å². The van der Waals surface area contributed by atoms with Gasteiger partial charge in [0, 0.05) is 16.9 Å². The number of carbonyl (C=O) groups is 2. The van der Waals surface area contributed by atoms with Crippen molar-refractivity contribution in [1.29, 1.82) is 0 Å². The first-order chi connectivity index (χ1) is 13.4. The van der Waals surface area contributed by atoms with Gasteiger partial charge in [-0.15, -0.1) is 0 Å². The molecule has 0 saturated heterocycles. The second-order valence-corrected chi connectivity index (χ2v) is 8.50. The predicted octanol–water partition coefficient (Wildman–Crippen LogP) is 5.98. The van der Waals surface area contributed by atoms with Crippen LogP contribution in [0.2, 0.25) is 0 Å². The minimum Gasteiger partial charge on any atom is -0.324 e. The summed E-state index contributed by atoms with van der Waals surface area (Å²) in [6.07, 6.45) is 8.60. The molecule has 1 aliphatic rings. The molecule has 2 rings (SSSR count). The van der Waals surface area contributed by atoms with Gasteiger partial charge in [0.1, 0.15) is 0 Å². The van der Waals surface area contributed by atoms with Crippen molar-refractivity contribution >= 4 is 17.4 Å². The summed E-state index contributed by atoms with van der Waals surface area (Å²) in [6, 6.07) is 7.54. The number of nitrogens with one attached hydrogen (secondary N) is 1. The fourth-order valence-corrected chi connectivity index (χ4v) is 4.11. The molecule has 0 spiro atoms. The summed E-state index contributed by atoms with van der Waals surface area (Å²) >= 11 is 0. The number of amides is 1. The van der Waals surface area contributed by atoms with E-state index in [4.69, 9.17) is 0 Å². The van der Waals surface area contributed by atoms with Crippen LogP contribution in [0.1, 0.15) is 84.6 Å². The molecule has 1 fully saturated rings. The Morgan fingerprint density at radius 2 is 1.71 bits per heavy atom. The van der Waals surface area contributed by atoms with Gasteiger partial charge in [0.25, 0.3) is 0 Å². The smallest absolute Gasteiger partial charge is 0.230 e. The number of hydrogen-bond donors (Lipinski definition) is 1. The monoisotopic (exact) mass is 381 g/mol. The van der Waals surface area contributed by atoms with Crippen LogP contribution in [0.3, 0.4) is 0 Å². The molecule has 1 aliphatic carbocycles. The first kappa shape index (κ1) is 22.2. The largest absolute Gasteiger partial charge is 0.324 e. The summed E-state index contributed by atoms with van der Waals surface area (Å²) in [5.74, 6) is 6.19. The third-order valence-corrected chi connectivity index (χ3v) is 6.15. The van der Waals surface area contributed by atoms with E-state index in [-0.39, 0.29) is 23.0 Å².